The van der Waals surface area contributed by atoms with E-state index in [0.29, 0.717) is 36.0 Å². The van der Waals surface area contributed by atoms with Gasteiger partial charge >= 0.3 is 0 Å². The summed E-state index contributed by atoms with van der Waals surface area (Å²) >= 11 is 3.35. The quantitative estimate of drug-likeness (QED) is 0.750. The first-order valence-corrected chi connectivity index (χ1v) is 7.82. The Morgan fingerprint density at radius 2 is 1.65 bits per heavy atom. The number of hydrogen-bond donors (Lipinski definition) is 1. The van der Waals surface area contributed by atoms with Crippen molar-refractivity contribution in [2.45, 2.75) is 0 Å². The summed E-state index contributed by atoms with van der Waals surface area (Å²) in [4.78, 5) is 12.0. The van der Waals surface area contributed by atoms with Crippen molar-refractivity contribution >= 4 is 21.8 Å². The number of halogens is 1. The number of methoxy groups -OCH3 is 2. The molecule has 2 aromatic rings. The lowest BCUT2D eigenvalue weighted by Crippen LogP contribution is -2.28. The second kappa shape index (κ2) is 8.43. The van der Waals surface area contributed by atoms with Gasteiger partial charge in [0.2, 0.25) is 0 Å². The van der Waals surface area contributed by atoms with Crippen molar-refractivity contribution in [2.24, 2.45) is 0 Å². The molecule has 0 saturated heterocycles. The van der Waals surface area contributed by atoms with Crippen LogP contribution in [-0.2, 0) is 0 Å². The number of carbonyl (C=O) groups is 1. The van der Waals surface area contributed by atoms with Crippen LogP contribution < -0.4 is 19.5 Å². The van der Waals surface area contributed by atoms with Crippen LogP contribution >= 0.6 is 15.9 Å². The van der Waals surface area contributed by atoms with Gasteiger partial charge in [-0.1, -0.05) is 12.1 Å². The summed E-state index contributed by atoms with van der Waals surface area (Å²) in [5, 5.41) is 2.81. The van der Waals surface area contributed by atoms with E-state index in [9.17, 15) is 4.79 Å². The summed E-state index contributed by atoms with van der Waals surface area (Å²) in [7, 11) is 3.16. The molecule has 23 heavy (non-hydrogen) atoms. The van der Waals surface area contributed by atoms with E-state index in [2.05, 4.69) is 21.2 Å². The molecular formula is C17H18BrNO4. The molecule has 0 heterocycles. The van der Waals surface area contributed by atoms with Crippen LogP contribution in [0.25, 0.3) is 0 Å². The van der Waals surface area contributed by atoms with E-state index in [1.54, 1.807) is 38.5 Å². The summed E-state index contributed by atoms with van der Waals surface area (Å²) in [6.07, 6.45) is 0. The summed E-state index contributed by atoms with van der Waals surface area (Å²) in [5.74, 6) is 1.77. The number of nitrogens with one attached hydrogen (secondary N) is 1. The van der Waals surface area contributed by atoms with E-state index in [0.717, 1.165) is 4.47 Å². The molecule has 0 atom stereocenters. The molecule has 5 nitrogen and oxygen atoms in total. The second-order valence-electron chi connectivity index (χ2n) is 4.63. The average molecular weight is 380 g/mol. The van der Waals surface area contributed by atoms with Gasteiger partial charge in [0.15, 0.2) is 0 Å². The van der Waals surface area contributed by atoms with Crippen LogP contribution in [0.1, 0.15) is 10.4 Å². The molecule has 0 saturated carbocycles. The van der Waals surface area contributed by atoms with Gasteiger partial charge in [0.1, 0.15) is 23.9 Å². The average Bonchev–Trinajstić information content (AvgIpc) is 2.58. The Bertz CT molecular complexity index is 653. The third-order valence-corrected chi connectivity index (χ3v) is 3.79. The largest absolute Gasteiger partial charge is 0.496 e. The minimum atomic E-state index is -0.149. The van der Waals surface area contributed by atoms with Crippen LogP contribution in [0.5, 0.6) is 17.2 Å². The van der Waals surface area contributed by atoms with Crippen molar-refractivity contribution < 1.29 is 19.0 Å². The maximum Gasteiger partial charge on any atom is 0.252 e. The van der Waals surface area contributed by atoms with Crippen molar-refractivity contribution in [1.29, 1.82) is 0 Å². The Morgan fingerprint density at radius 1 is 1.04 bits per heavy atom. The third kappa shape index (κ3) is 4.89. The van der Waals surface area contributed by atoms with Gasteiger partial charge in [-0.15, -0.1) is 0 Å². The standard InChI is InChI=1S/C17H18BrNO4/c1-21-12-9-13(22-2)11-14(10-12)23-8-7-19-17(20)15-5-3-4-6-16(15)18/h3-6,9-11H,7-8H2,1-2H3,(H,19,20). The molecule has 1 amide bonds. The summed E-state index contributed by atoms with van der Waals surface area (Å²) in [6, 6.07) is 12.6. The molecule has 2 rings (SSSR count). The van der Waals surface area contributed by atoms with Crippen LogP contribution in [0.2, 0.25) is 0 Å². The van der Waals surface area contributed by atoms with E-state index < -0.39 is 0 Å². The van der Waals surface area contributed by atoms with E-state index in [1.807, 2.05) is 18.2 Å². The first-order valence-electron chi connectivity index (χ1n) is 7.02. The summed E-state index contributed by atoms with van der Waals surface area (Å²) in [6.45, 7) is 0.728. The monoisotopic (exact) mass is 379 g/mol. The molecule has 0 bridgehead atoms. The van der Waals surface area contributed by atoms with Crippen LogP contribution in [-0.4, -0.2) is 33.3 Å². The minimum Gasteiger partial charge on any atom is -0.496 e. The molecule has 0 aliphatic carbocycles. The van der Waals surface area contributed by atoms with Crippen LogP contribution in [0, 0.1) is 0 Å². The van der Waals surface area contributed by atoms with Crippen molar-refractivity contribution in [3.8, 4) is 17.2 Å². The van der Waals surface area contributed by atoms with Gasteiger partial charge < -0.3 is 19.5 Å². The topological polar surface area (TPSA) is 56.8 Å². The van der Waals surface area contributed by atoms with Gasteiger partial charge in [-0.3, -0.25) is 4.79 Å². The zero-order chi connectivity index (χ0) is 16.7. The van der Waals surface area contributed by atoms with E-state index in [1.165, 1.54) is 0 Å². The lowest BCUT2D eigenvalue weighted by molar-refractivity contribution is 0.0946. The molecule has 122 valence electrons. The number of amides is 1. The maximum atomic E-state index is 12.0. The fourth-order valence-electron chi connectivity index (χ4n) is 1.94. The molecule has 0 unspecified atom stereocenters. The predicted octanol–water partition coefficient (Wildman–Crippen LogP) is 3.28. The molecule has 0 aromatic heterocycles. The molecule has 0 aliphatic heterocycles. The molecule has 0 radical (unpaired) electrons. The number of carbonyl (C=O) groups excluding carboxylic acids is 1. The summed E-state index contributed by atoms with van der Waals surface area (Å²) < 4.78 is 16.7. The molecule has 2 aromatic carbocycles. The van der Waals surface area contributed by atoms with Crippen LogP contribution in [0.4, 0.5) is 0 Å². The molecular weight excluding hydrogens is 362 g/mol. The highest BCUT2D eigenvalue weighted by Crippen LogP contribution is 2.27. The molecule has 6 heteroatoms. The Balaban J connectivity index is 1.86. The molecule has 0 spiro atoms. The smallest absolute Gasteiger partial charge is 0.252 e. The fraction of sp³-hybridized carbons (Fsp3) is 0.235. The lowest BCUT2D eigenvalue weighted by atomic mass is 10.2. The predicted molar refractivity (Wildman–Crippen MR) is 91.5 cm³/mol. The zero-order valence-corrected chi connectivity index (χ0v) is 14.6. The van der Waals surface area contributed by atoms with Gasteiger partial charge in [0, 0.05) is 22.7 Å². The Kier molecular flexibility index (Phi) is 6.29. The minimum absolute atomic E-state index is 0.149. The number of ether oxygens (including phenoxy) is 3. The van der Waals surface area contributed by atoms with Gasteiger partial charge in [-0.05, 0) is 28.1 Å². The van der Waals surface area contributed by atoms with Crippen molar-refractivity contribution in [2.75, 3.05) is 27.4 Å². The normalized spacial score (nSPS) is 10.0. The Labute approximate surface area is 143 Å². The lowest BCUT2D eigenvalue weighted by Gasteiger charge is -2.11. The molecule has 0 aliphatic rings. The first kappa shape index (κ1) is 17.1. The van der Waals surface area contributed by atoms with Gasteiger partial charge in [-0.25, -0.2) is 0 Å². The van der Waals surface area contributed by atoms with Crippen molar-refractivity contribution in [3.63, 3.8) is 0 Å². The maximum absolute atomic E-state index is 12.0. The van der Waals surface area contributed by atoms with E-state index in [4.69, 9.17) is 14.2 Å². The fourth-order valence-corrected chi connectivity index (χ4v) is 2.40. The van der Waals surface area contributed by atoms with Crippen molar-refractivity contribution in [1.82, 2.24) is 5.32 Å². The molecule has 0 fully saturated rings. The van der Waals surface area contributed by atoms with Crippen LogP contribution in [0.15, 0.2) is 46.9 Å². The van der Waals surface area contributed by atoms with Gasteiger partial charge in [0.25, 0.3) is 5.91 Å². The SMILES string of the molecule is COc1cc(OC)cc(OCCNC(=O)c2ccccc2Br)c1. The highest BCUT2D eigenvalue weighted by molar-refractivity contribution is 9.10. The van der Waals surface area contributed by atoms with E-state index in [-0.39, 0.29) is 5.91 Å². The van der Waals surface area contributed by atoms with E-state index >= 15 is 0 Å². The van der Waals surface area contributed by atoms with Gasteiger partial charge in [0.05, 0.1) is 26.3 Å². The molecule has 1 N–H and O–H groups in total. The van der Waals surface area contributed by atoms with Crippen molar-refractivity contribution in [3.05, 3.63) is 52.5 Å². The second-order valence-corrected chi connectivity index (χ2v) is 5.49. The third-order valence-electron chi connectivity index (χ3n) is 3.10. The van der Waals surface area contributed by atoms with Gasteiger partial charge in [-0.2, -0.15) is 0 Å². The highest BCUT2D eigenvalue weighted by Gasteiger charge is 2.08. The number of hydrogen-bond acceptors (Lipinski definition) is 4. The summed E-state index contributed by atoms with van der Waals surface area (Å²) in [5.41, 5.74) is 0.593. The first-order chi connectivity index (χ1) is 11.1. The Morgan fingerprint density at radius 3 is 2.26 bits per heavy atom. The zero-order valence-electron chi connectivity index (χ0n) is 13.0. The number of rotatable bonds is 7. The Hall–Kier alpha value is -2.21. The highest BCUT2D eigenvalue weighted by atomic mass is 79.9. The van der Waals surface area contributed by atoms with Crippen LogP contribution in [0.3, 0.4) is 0 Å². The number of benzene rings is 2.